The van der Waals surface area contributed by atoms with Crippen molar-refractivity contribution in [3.8, 4) is 11.4 Å². The van der Waals surface area contributed by atoms with E-state index in [1.165, 1.54) is 0 Å². The third-order valence-electron chi connectivity index (χ3n) is 4.87. The summed E-state index contributed by atoms with van der Waals surface area (Å²) in [4.78, 5) is 26.2. The molecule has 2 N–H and O–H groups in total. The Labute approximate surface area is 211 Å². The van der Waals surface area contributed by atoms with E-state index >= 15 is 0 Å². The first kappa shape index (κ1) is 24.1. The first-order chi connectivity index (χ1) is 16.3. The predicted molar refractivity (Wildman–Crippen MR) is 140 cm³/mol. The summed E-state index contributed by atoms with van der Waals surface area (Å²) in [6, 6.07) is 13.6. The third-order valence-corrected chi connectivity index (χ3v) is 6.76. The molecule has 1 aromatic carbocycles. The largest absolute Gasteiger partial charge is 0.444 e. The minimum absolute atomic E-state index is 0.213. The van der Waals surface area contributed by atoms with E-state index in [1.54, 1.807) is 23.7 Å². The maximum atomic E-state index is 12.5. The summed E-state index contributed by atoms with van der Waals surface area (Å²) in [6.07, 6.45) is 3.64. The van der Waals surface area contributed by atoms with Crippen LogP contribution in [0.15, 0.2) is 64.7 Å². The standard InChI is InChI=1S/C25H26BrN5O2S/c1-25(2,3)33-24(32)29-18(13-16-7-5-4-6-8-16)14-28-23-21-20(19(26)15-34-21)30-22(31-23)17-9-11-27-12-10-17/h4-12,15,18H,13-14H2,1-3H3,(H,29,32)(H,28,30,31)/t18-/m0/s1. The maximum absolute atomic E-state index is 12.5. The van der Waals surface area contributed by atoms with Gasteiger partial charge in [0.2, 0.25) is 0 Å². The van der Waals surface area contributed by atoms with Crippen LogP contribution in [0.25, 0.3) is 21.6 Å². The van der Waals surface area contributed by atoms with E-state index in [4.69, 9.17) is 14.7 Å². The number of hydrogen-bond donors (Lipinski definition) is 2. The molecule has 176 valence electrons. The van der Waals surface area contributed by atoms with Crippen molar-refractivity contribution in [2.75, 3.05) is 11.9 Å². The Morgan fingerprint density at radius 3 is 2.56 bits per heavy atom. The first-order valence-corrected chi connectivity index (χ1v) is 12.6. The van der Waals surface area contributed by atoms with Crippen molar-refractivity contribution >= 4 is 49.4 Å². The summed E-state index contributed by atoms with van der Waals surface area (Å²) in [6.45, 7) is 6.02. The second-order valence-electron chi connectivity index (χ2n) is 8.81. The molecule has 0 unspecified atom stereocenters. The van der Waals surface area contributed by atoms with Gasteiger partial charge in [-0.1, -0.05) is 30.3 Å². The van der Waals surface area contributed by atoms with E-state index in [2.05, 4.69) is 31.5 Å². The van der Waals surface area contributed by atoms with Gasteiger partial charge in [-0.3, -0.25) is 4.98 Å². The Hall–Kier alpha value is -3.04. The fourth-order valence-electron chi connectivity index (χ4n) is 3.41. The Bertz CT molecular complexity index is 1260. The van der Waals surface area contributed by atoms with Crippen LogP contribution in [0.3, 0.4) is 0 Å². The minimum atomic E-state index is -0.573. The lowest BCUT2D eigenvalue weighted by Crippen LogP contribution is -2.43. The molecular weight excluding hydrogens is 514 g/mol. The number of alkyl carbamates (subject to hydrolysis) is 1. The second-order valence-corrected chi connectivity index (χ2v) is 10.5. The van der Waals surface area contributed by atoms with Gasteiger partial charge in [0.1, 0.15) is 16.9 Å². The van der Waals surface area contributed by atoms with Crippen molar-refractivity contribution in [3.05, 3.63) is 70.3 Å². The van der Waals surface area contributed by atoms with E-state index in [1.807, 2.05) is 68.6 Å². The topological polar surface area (TPSA) is 89.0 Å². The van der Waals surface area contributed by atoms with Crippen molar-refractivity contribution in [1.82, 2.24) is 20.3 Å². The quantitative estimate of drug-likeness (QED) is 0.296. The zero-order valence-electron chi connectivity index (χ0n) is 19.2. The van der Waals surface area contributed by atoms with Crippen LogP contribution >= 0.6 is 27.3 Å². The highest BCUT2D eigenvalue weighted by atomic mass is 79.9. The number of ether oxygens (including phenoxy) is 1. The Balaban J connectivity index is 1.59. The van der Waals surface area contributed by atoms with Gasteiger partial charge in [-0.15, -0.1) is 11.3 Å². The summed E-state index contributed by atoms with van der Waals surface area (Å²) in [7, 11) is 0. The predicted octanol–water partition coefficient (Wildman–Crippen LogP) is 6.06. The fraction of sp³-hybridized carbons (Fsp3) is 0.280. The van der Waals surface area contributed by atoms with Gasteiger partial charge in [-0.05, 0) is 60.8 Å². The van der Waals surface area contributed by atoms with Crippen LogP contribution in [-0.2, 0) is 11.2 Å². The SMILES string of the molecule is CC(C)(C)OC(=O)N[C@H](CNc1nc(-c2ccncc2)nc2c(Br)csc12)Cc1ccccc1. The molecule has 34 heavy (non-hydrogen) atoms. The number of hydrogen-bond acceptors (Lipinski definition) is 7. The molecule has 0 aliphatic carbocycles. The minimum Gasteiger partial charge on any atom is -0.444 e. The molecule has 0 spiro atoms. The molecule has 0 saturated carbocycles. The van der Waals surface area contributed by atoms with Crippen LogP contribution in [0.4, 0.5) is 10.6 Å². The van der Waals surface area contributed by atoms with Gasteiger partial charge < -0.3 is 15.4 Å². The molecule has 0 bridgehead atoms. The van der Waals surface area contributed by atoms with Crippen LogP contribution in [-0.4, -0.2) is 39.2 Å². The number of fused-ring (bicyclic) bond motifs is 1. The molecule has 0 radical (unpaired) electrons. The van der Waals surface area contributed by atoms with Crippen molar-refractivity contribution in [1.29, 1.82) is 0 Å². The molecular formula is C25H26BrN5O2S. The second kappa shape index (κ2) is 10.5. The van der Waals surface area contributed by atoms with Crippen molar-refractivity contribution in [2.24, 2.45) is 0 Å². The van der Waals surface area contributed by atoms with Crippen LogP contribution in [0.5, 0.6) is 0 Å². The summed E-state index contributed by atoms with van der Waals surface area (Å²) in [5.74, 6) is 1.33. The van der Waals surface area contributed by atoms with Gasteiger partial charge in [0.05, 0.1) is 15.2 Å². The normalized spacial score (nSPS) is 12.4. The summed E-state index contributed by atoms with van der Waals surface area (Å²) < 4.78 is 7.36. The van der Waals surface area contributed by atoms with Gasteiger partial charge in [0, 0.05) is 29.9 Å². The highest BCUT2D eigenvalue weighted by Crippen LogP contribution is 2.34. The average Bonchev–Trinajstić information content (AvgIpc) is 3.18. The first-order valence-electron chi connectivity index (χ1n) is 10.9. The molecule has 4 aromatic rings. The summed E-state index contributed by atoms with van der Waals surface area (Å²) in [5, 5.41) is 8.46. The molecule has 3 aromatic heterocycles. The van der Waals surface area contributed by atoms with Gasteiger partial charge in [-0.25, -0.2) is 14.8 Å². The lowest BCUT2D eigenvalue weighted by molar-refractivity contribution is 0.0507. The molecule has 1 atom stereocenters. The van der Waals surface area contributed by atoms with Crippen LogP contribution in [0.1, 0.15) is 26.3 Å². The molecule has 4 rings (SSSR count). The molecule has 0 aliphatic rings. The number of nitrogens with one attached hydrogen (secondary N) is 2. The summed E-state index contributed by atoms with van der Waals surface area (Å²) >= 11 is 5.16. The van der Waals surface area contributed by atoms with Gasteiger partial charge in [0.25, 0.3) is 0 Å². The summed E-state index contributed by atoms with van der Waals surface area (Å²) in [5.41, 5.74) is 2.27. The van der Waals surface area contributed by atoms with E-state index in [9.17, 15) is 4.79 Å². The van der Waals surface area contributed by atoms with Crippen molar-refractivity contribution in [2.45, 2.75) is 38.8 Å². The number of carbonyl (C=O) groups is 1. The molecule has 9 heteroatoms. The number of thiophene rings is 1. The number of pyridine rings is 1. The van der Waals surface area contributed by atoms with E-state index in [0.29, 0.717) is 18.8 Å². The fourth-order valence-corrected chi connectivity index (χ4v) is 4.94. The Morgan fingerprint density at radius 2 is 1.85 bits per heavy atom. The van der Waals surface area contributed by atoms with Gasteiger partial charge >= 0.3 is 6.09 Å². The zero-order valence-corrected chi connectivity index (χ0v) is 21.6. The van der Waals surface area contributed by atoms with E-state index < -0.39 is 11.7 Å². The molecule has 1 amide bonds. The lowest BCUT2D eigenvalue weighted by Gasteiger charge is -2.24. The van der Waals surface area contributed by atoms with Crippen LogP contribution < -0.4 is 10.6 Å². The molecule has 0 aliphatic heterocycles. The molecule has 0 fully saturated rings. The van der Waals surface area contributed by atoms with Gasteiger partial charge in [0.15, 0.2) is 5.82 Å². The van der Waals surface area contributed by atoms with E-state index in [0.717, 1.165) is 31.6 Å². The molecule has 7 nitrogen and oxygen atoms in total. The smallest absolute Gasteiger partial charge is 0.407 e. The number of nitrogens with zero attached hydrogens (tertiary/aromatic N) is 3. The Morgan fingerprint density at radius 1 is 1.12 bits per heavy atom. The highest BCUT2D eigenvalue weighted by Gasteiger charge is 2.21. The maximum Gasteiger partial charge on any atom is 0.407 e. The van der Waals surface area contributed by atoms with Crippen molar-refractivity contribution < 1.29 is 9.53 Å². The number of anilines is 1. The average molecular weight is 540 g/mol. The third kappa shape index (κ3) is 6.30. The van der Waals surface area contributed by atoms with Crippen LogP contribution in [0, 0.1) is 0 Å². The number of halogens is 1. The van der Waals surface area contributed by atoms with Crippen molar-refractivity contribution in [3.63, 3.8) is 0 Å². The molecule has 0 saturated heterocycles. The lowest BCUT2D eigenvalue weighted by atomic mass is 10.1. The number of benzene rings is 1. The van der Waals surface area contributed by atoms with Crippen LogP contribution in [0.2, 0.25) is 0 Å². The molecule has 3 heterocycles. The Kier molecular flexibility index (Phi) is 7.43. The van der Waals surface area contributed by atoms with Gasteiger partial charge in [-0.2, -0.15) is 0 Å². The zero-order chi connectivity index (χ0) is 24.1. The highest BCUT2D eigenvalue weighted by molar-refractivity contribution is 9.10. The monoisotopic (exact) mass is 539 g/mol. The number of rotatable bonds is 7. The number of aromatic nitrogens is 3. The van der Waals surface area contributed by atoms with E-state index in [-0.39, 0.29) is 6.04 Å². The number of carbonyl (C=O) groups excluding carboxylic acids is 1. The number of amides is 1.